The Labute approximate surface area is 157 Å². The number of halogens is 1. The first-order chi connectivity index (χ1) is 11.7. The number of carbonyl (C=O) groups is 1. The maximum atomic E-state index is 12.5. The second kappa shape index (κ2) is 9.28. The minimum atomic E-state index is -0.247. The molecule has 2 aromatic rings. The van der Waals surface area contributed by atoms with Crippen molar-refractivity contribution >= 4 is 33.7 Å². The van der Waals surface area contributed by atoms with Crippen LogP contribution in [0.5, 0.6) is 0 Å². The maximum absolute atomic E-state index is 12.5. The van der Waals surface area contributed by atoms with Crippen LogP contribution >= 0.6 is 27.7 Å². The zero-order valence-corrected chi connectivity index (χ0v) is 16.8. The molecule has 24 heavy (non-hydrogen) atoms. The highest BCUT2D eigenvalue weighted by molar-refractivity contribution is 9.09. The number of aryl methyl sites for hydroxylation is 1. The molecule has 0 bridgehead atoms. The number of hydrogen-bond donors (Lipinski definition) is 0. The van der Waals surface area contributed by atoms with E-state index in [4.69, 9.17) is 4.74 Å². The minimum absolute atomic E-state index is 0.247. The van der Waals surface area contributed by atoms with E-state index < -0.39 is 0 Å². The number of esters is 1. The molecular formula is C20H23BrO2S. The van der Waals surface area contributed by atoms with E-state index >= 15 is 0 Å². The largest absolute Gasteiger partial charge is 0.465 e. The van der Waals surface area contributed by atoms with Gasteiger partial charge in [0.05, 0.1) is 12.7 Å². The molecule has 0 aliphatic carbocycles. The van der Waals surface area contributed by atoms with E-state index in [9.17, 15) is 4.79 Å². The number of rotatable bonds is 7. The van der Waals surface area contributed by atoms with E-state index in [0.29, 0.717) is 0 Å². The van der Waals surface area contributed by atoms with Gasteiger partial charge in [-0.05, 0) is 54.2 Å². The summed E-state index contributed by atoms with van der Waals surface area (Å²) in [6, 6.07) is 12.3. The van der Waals surface area contributed by atoms with Gasteiger partial charge in [0.15, 0.2) is 0 Å². The van der Waals surface area contributed by atoms with Crippen LogP contribution in [0.2, 0.25) is 0 Å². The Morgan fingerprint density at radius 3 is 2.38 bits per heavy atom. The van der Waals surface area contributed by atoms with Gasteiger partial charge in [-0.3, -0.25) is 0 Å². The highest BCUT2D eigenvalue weighted by Crippen LogP contribution is 2.36. The van der Waals surface area contributed by atoms with Crippen molar-refractivity contribution in [1.29, 1.82) is 0 Å². The molecule has 0 aromatic heterocycles. The summed E-state index contributed by atoms with van der Waals surface area (Å²) in [5, 5.41) is 0.888. The fourth-order valence-electron chi connectivity index (χ4n) is 2.94. The van der Waals surface area contributed by atoms with Gasteiger partial charge in [0, 0.05) is 15.1 Å². The lowest BCUT2D eigenvalue weighted by Gasteiger charge is -2.20. The number of ether oxygens (including phenoxy) is 1. The van der Waals surface area contributed by atoms with Gasteiger partial charge in [-0.15, -0.1) is 0 Å². The van der Waals surface area contributed by atoms with Crippen molar-refractivity contribution in [2.24, 2.45) is 0 Å². The Morgan fingerprint density at radius 1 is 1.12 bits per heavy atom. The lowest BCUT2D eigenvalue weighted by Crippen LogP contribution is -2.12. The average molecular weight is 407 g/mol. The van der Waals surface area contributed by atoms with Crippen molar-refractivity contribution in [3.63, 3.8) is 0 Å². The van der Waals surface area contributed by atoms with Crippen molar-refractivity contribution in [1.82, 2.24) is 0 Å². The van der Waals surface area contributed by atoms with Crippen LogP contribution < -0.4 is 0 Å². The molecule has 0 saturated carbocycles. The van der Waals surface area contributed by atoms with Crippen LogP contribution in [0.4, 0.5) is 0 Å². The third-order valence-corrected chi connectivity index (χ3v) is 5.49. The van der Waals surface area contributed by atoms with Crippen LogP contribution in [-0.2, 0) is 24.0 Å². The predicted molar refractivity (Wildman–Crippen MR) is 105 cm³/mol. The Hall–Kier alpha value is -1.26. The van der Waals surface area contributed by atoms with E-state index in [1.165, 1.54) is 18.2 Å². The summed E-state index contributed by atoms with van der Waals surface area (Å²) < 4.78 is 5.10. The van der Waals surface area contributed by atoms with E-state index in [1.807, 2.05) is 18.2 Å². The molecule has 0 aliphatic heterocycles. The molecule has 128 valence electrons. The average Bonchev–Trinajstić information content (AvgIpc) is 2.62. The fraction of sp³-hybridized carbons (Fsp3) is 0.350. The third kappa shape index (κ3) is 4.22. The van der Waals surface area contributed by atoms with Crippen molar-refractivity contribution in [2.45, 2.75) is 42.9 Å². The molecule has 2 rings (SSSR count). The zero-order valence-electron chi connectivity index (χ0n) is 14.4. The lowest BCUT2D eigenvalue weighted by atomic mass is 9.91. The van der Waals surface area contributed by atoms with Gasteiger partial charge in [-0.25, -0.2) is 4.79 Å². The molecule has 0 saturated heterocycles. The molecule has 0 spiro atoms. The van der Waals surface area contributed by atoms with Crippen LogP contribution in [0.15, 0.2) is 46.2 Å². The minimum Gasteiger partial charge on any atom is -0.465 e. The van der Waals surface area contributed by atoms with E-state index in [1.54, 1.807) is 11.8 Å². The Kier molecular flexibility index (Phi) is 7.38. The first-order valence-corrected chi connectivity index (χ1v) is 10.1. The van der Waals surface area contributed by atoms with Gasteiger partial charge in [-0.1, -0.05) is 59.7 Å². The third-order valence-electron chi connectivity index (χ3n) is 4.04. The van der Waals surface area contributed by atoms with Crippen molar-refractivity contribution in [3.8, 4) is 0 Å². The molecule has 0 atom stereocenters. The summed E-state index contributed by atoms with van der Waals surface area (Å²) in [5.74, 6) is -0.247. The quantitative estimate of drug-likeness (QED) is 0.436. The lowest BCUT2D eigenvalue weighted by molar-refractivity contribution is 0.0595. The summed E-state index contributed by atoms with van der Waals surface area (Å²) in [4.78, 5) is 14.6. The summed E-state index contributed by atoms with van der Waals surface area (Å²) in [6.07, 6.45) is 2.70. The fourth-order valence-corrected chi connectivity index (χ4v) is 4.40. The monoisotopic (exact) mass is 406 g/mol. The van der Waals surface area contributed by atoms with Crippen LogP contribution in [0.25, 0.3) is 0 Å². The van der Waals surface area contributed by atoms with E-state index in [2.05, 4.69) is 48.0 Å². The second-order valence-electron chi connectivity index (χ2n) is 5.42. The molecule has 2 aromatic carbocycles. The topological polar surface area (TPSA) is 26.3 Å². The Bertz CT molecular complexity index is 699. The van der Waals surface area contributed by atoms with Crippen LogP contribution in [-0.4, -0.2) is 18.4 Å². The molecular weight excluding hydrogens is 384 g/mol. The van der Waals surface area contributed by atoms with Gasteiger partial charge in [0.2, 0.25) is 0 Å². The maximum Gasteiger partial charge on any atom is 0.339 e. The van der Waals surface area contributed by atoms with Gasteiger partial charge >= 0.3 is 5.97 Å². The second-order valence-corrected chi connectivity index (χ2v) is 7.33. The summed E-state index contributed by atoms with van der Waals surface area (Å²) in [5.41, 5.74) is 4.45. The van der Waals surface area contributed by atoms with Crippen LogP contribution in [0.3, 0.4) is 0 Å². The molecule has 2 nitrogen and oxygen atoms in total. The molecule has 0 radical (unpaired) electrons. The molecule has 0 heterocycles. The first-order valence-electron chi connectivity index (χ1n) is 8.20. The summed E-state index contributed by atoms with van der Waals surface area (Å²) in [7, 11) is 1.45. The Balaban J connectivity index is 2.65. The highest BCUT2D eigenvalue weighted by Gasteiger charge is 2.22. The molecule has 0 fully saturated rings. The van der Waals surface area contributed by atoms with E-state index in [-0.39, 0.29) is 5.97 Å². The van der Waals surface area contributed by atoms with Crippen molar-refractivity contribution in [3.05, 3.63) is 58.7 Å². The van der Waals surface area contributed by atoms with E-state index in [0.717, 1.165) is 45.5 Å². The number of hydrogen-bond acceptors (Lipinski definition) is 3. The summed E-state index contributed by atoms with van der Waals surface area (Å²) in [6.45, 7) is 4.27. The van der Waals surface area contributed by atoms with Crippen LogP contribution in [0, 0.1) is 0 Å². The van der Waals surface area contributed by atoms with Crippen molar-refractivity contribution in [2.75, 3.05) is 12.4 Å². The smallest absolute Gasteiger partial charge is 0.339 e. The molecule has 0 aliphatic rings. The SMILES string of the molecule is CCc1cc(Sc2ccccc2)c(C(=O)OC)c(CC)c1CCBr. The van der Waals surface area contributed by atoms with Gasteiger partial charge in [-0.2, -0.15) is 0 Å². The van der Waals surface area contributed by atoms with Gasteiger partial charge in [0.25, 0.3) is 0 Å². The van der Waals surface area contributed by atoms with Crippen LogP contribution in [0.1, 0.15) is 40.9 Å². The van der Waals surface area contributed by atoms with Crippen molar-refractivity contribution < 1.29 is 9.53 Å². The van der Waals surface area contributed by atoms with Gasteiger partial charge < -0.3 is 4.74 Å². The number of benzene rings is 2. The highest BCUT2D eigenvalue weighted by atomic mass is 79.9. The normalized spacial score (nSPS) is 10.7. The summed E-state index contributed by atoms with van der Waals surface area (Å²) >= 11 is 5.17. The molecule has 0 N–H and O–H groups in total. The zero-order chi connectivity index (χ0) is 17.5. The standard InChI is InChI=1S/C20H23BrO2S/c1-4-14-13-18(24-15-9-7-6-8-10-15)19(20(22)23-3)16(5-2)17(14)11-12-21/h6-10,13H,4-5,11-12H2,1-3H3. The molecule has 0 unspecified atom stereocenters. The molecule has 0 amide bonds. The first kappa shape index (κ1) is 19.1. The predicted octanol–water partition coefficient (Wildman–Crippen LogP) is 5.69. The number of alkyl halides is 1. The van der Waals surface area contributed by atoms with Gasteiger partial charge in [0.1, 0.15) is 0 Å². The number of methoxy groups -OCH3 is 1. The Morgan fingerprint density at radius 2 is 1.83 bits per heavy atom. The number of carbonyl (C=O) groups excluding carboxylic acids is 1. The molecule has 4 heteroatoms.